The molecule has 6 heteroatoms. The number of aromatic nitrogens is 2. The lowest BCUT2D eigenvalue weighted by molar-refractivity contribution is -0.312. The van der Waals surface area contributed by atoms with E-state index in [1.165, 1.54) is 5.56 Å². The van der Waals surface area contributed by atoms with E-state index in [0.29, 0.717) is 25.9 Å². The first-order valence-corrected chi connectivity index (χ1v) is 7.19. The molecule has 3 heterocycles. The maximum absolute atomic E-state index is 10.9. The first kappa shape index (κ1) is 12.3. The molecule has 0 atom stereocenters. The molecule has 1 fully saturated rings. The molecule has 2 aromatic heterocycles. The zero-order chi connectivity index (χ0) is 13.4. The van der Waals surface area contributed by atoms with Crippen LogP contribution in [0.3, 0.4) is 0 Å². The number of piperidine rings is 1. The van der Waals surface area contributed by atoms with Crippen molar-refractivity contribution < 1.29 is 9.90 Å². The third kappa shape index (κ3) is 2.16. The van der Waals surface area contributed by atoms with Crippen molar-refractivity contribution in [3.8, 4) is 0 Å². The van der Waals surface area contributed by atoms with Crippen molar-refractivity contribution in [2.75, 3.05) is 18.0 Å². The van der Waals surface area contributed by atoms with Crippen molar-refractivity contribution >= 4 is 33.3 Å². The first-order valence-electron chi connectivity index (χ1n) is 6.31. The predicted octanol–water partition coefficient (Wildman–Crippen LogP) is 0.966. The highest BCUT2D eigenvalue weighted by atomic mass is 32.1. The number of nitrogens with zero attached hydrogens (tertiary/aromatic N) is 3. The number of thiophene rings is 1. The number of carbonyl (C=O) groups is 1. The molecule has 0 N–H and O–H groups in total. The molecule has 1 aliphatic rings. The molecule has 100 valence electrons. The van der Waals surface area contributed by atoms with Crippen molar-refractivity contribution in [2.24, 2.45) is 5.92 Å². The van der Waals surface area contributed by atoms with Gasteiger partial charge in [-0.05, 0) is 30.7 Å². The van der Waals surface area contributed by atoms with E-state index in [4.69, 9.17) is 0 Å². The van der Waals surface area contributed by atoms with Crippen molar-refractivity contribution in [1.82, 2.24) is 9.97 Å². The quantitative estimate of drug-likeness (QED) is 0.817. The number of aryl methyl sites for hydroxylation is 1. The van der Waals surface area contributed by atoms with Crippen LogP contribution < -0.4 is 10.0 Å². The van der Waals surface area contributed by atoms with Crippen LogP contribution in [0.5, 0.6) is 0 Å². The minimum atomic E-state index is -0.931. The van der Waals surface area contributed by atoms with Crippen LogP contribution >= 0.6 is 11.3 Å². The van der Waals surface area contributed by atoms with E-state index < -0.39 is 5.97 Å². The monoisotopic (exact) mass is 276 g/mol. The van der Waals surface area contributed by atoms with Gasteiger partial charge in [-0.2, -0.15) is 0 Å². The van der Waals surface area contributed by atoms with Crippen LogP contribution in [0.2, 0.25) is 0 Å². The minimum absolute atomic E-state index is 0.322. The zero-order valence-corrected chi connectivity index (χ0v) is 11.4. The smallest absolute Gasteiger partial charge is 0.141 e. The van der Waals surface area contributed by atoms with Gasteiger partial charge < -0.3 is 14.8 Å². The Labute approximate surface area is 114 Å². The second kappa shape index (κ2) is 4.77. The molecule has 1 aliphatic heterocycles. The molecule has 2 aromatic rings. The van der Waals surface area contributed by atoms with Gasteiger partial charge in [0.15, 0.2) is 0 Å². The van der Waals surface area contributed by atoms with E-state index in [9.17, 15) is 9.90 Å². The fourth-order valence-electron chi connectivity index (χ4n) is 2.57. The highest BCUT2D eigenvalue weighted by Gasteiger charge is 2.23. The SMILES string of the molecule is Cc1csc2ncnc(N3CCC(C(=O)[O-])CC3)c12. The highest BCUT2D eigenvalue weighted by Crippen LogP contribution is 2.32. The Balaban J connectivity index is 1.90. The second-order valence-corrected chi connectivity index (χ2v) is 5.73. The van der Waals surface area contributed by atoms with E-state index in [1.807, 2.05) is 0 Å². The van der Waals surface area contributed by atoms with Crippen LogP contribution in [0, 0.1) is 12.8 Å². The minimum Gasteiger partial charge on any atom is -0.550 e. The molecule has 5 nitrogen and oxygen atoms in total. The Hall–Kier alpha value is -1.69. The summed E-state index contributed by atoms with van der Waals surface area (Å²) in [6.45, 7) is 3.47. The summed E-state index contributed by atoms with van der Waals surface area (Å²) in [6.07, 6.45) is 2.83. The van der Waals surface area contributed by atoms with E-state index in [1.54, 1.807) is 17.7 Å². The van der Waals surface area contributed by atoms with E-state index in [-0.39, 0.29) is 5.92 Å². The van der Waals surface area contributed by atoms with Crippen LogP contribution in [0.15, 0.2) is 11.7 Å². The number of carboxylic acid groups (broad SMARTS) is 1. The summed E-state index contributed by atoms with van der Waals surface area (Å²) in [5, 5.41) is 14.0. The number of aliphatic carboxylic acids is 1. The van der Waals surface area contributed by atoms with Crippen molar-refractivity contribution in [2.45, 2.75) is 19.8 Å². The fraction of sp³-hybridized carbons (Fsp3) is 0.462. The molecule has 0 aliphatic carbocycles. The van der Waals surface area contributed by atoms with Crippen molar-refractivity contribution in [3.63, 3.8) is 0 Å². The summed E-state index contributed by atoms with van der Waals surface area (Å²) in [5.41, 5.74) is 1.18. The van der Waals surface area contributed by atoms with Crippen LogP contribution in [-0.2, 0) is 4.79 Å². The summed E-state index contributed by atoms with van der Waals surface area (Å²) in [5.74, 6) is -0.322. The summed E-state index contributed by atoms with van der Waals surface area (Å²) in [7, 11) is 0. The normalized spacial score (nSPS) is 17.0. The van der Waals surface area contributed by atoms with Gasteiger partial charge in [0, 0.05) is 25.0 Å². The largest absolute Gasteiger partial charge is 0.550 e. The van der Waals surface area contributed by atoms with E-state index in [0.717, 1.165) is 16.0 Å². The van der Waals surface area contributed by atoms with E-state index in [2.05, 4.69) is 27.2 Å². The maximum Gasteiger partial charge on any atom is 0.141 e. The van der Waals surface area contributed by atoms with Crippen LogP contribution in [0.25, 0.3) is 10.2 Å². The van der Waals surface area contributed by atoms with Gasteiger partial charge in [0.25, 0.3) is 0 Å². The number of fused-ring (bicyclic) bond motifs is 1. The molecule has 0 amide bonds. The molecular weight excluding hydrogens is 262 g/mol. The summed E-state index contributed by atoms with van der Waals surface area (Å²) in [6, 6.07) is 0. The van der Waals surface area contributed by atoms with Crippen molar-refractivity contribution in [1.29, 1.82) is 0 Å². The van der Waals surface area contributed by atoms with Crippen LogP contribution in [0.4, 0.5) is 5.82 Å². The number of hydrogen-bond donors (Lipinski definition) is 0. The van der Waals surface area contributed by atoms with Gasteiger partial charge in [0.2, 0.25) is 0 Å². The van der Waals surface area contributed by atoms with E-state index >= 15 is 0 Å². The van der Waals surface area contributed by atoms with Gasteiger partial charge in [-0.1, -0.05) is 0 Å². The zero-order valence-electron chi connectivity index (χ0n) is 10.6. The maximum atomic E-state index is 10.9. The van der Waals surface area contributed by atoms with Gasteiger partial charge >= 0.3 is 0 Å². The number of anilines is 1. The average molecular weight is 276 g/mol. The molecule has 0 bridgehead atoms. The molecule has 1 saturated heterocycles. The third-order valence-electron chi connectivity index (χ3n) is 3.66. The molecule has 19 heavy (non-hydrogen) atoms. The Morgan fingerprint density at radius 1 is 1.42 bits per heavy atom. The lowest BCUT2D eigenvalue weighted by atomic mass is 9.97. The van der Waals surface area contributed by atoms with Gasteiger partial charge in [0.05, 0.1) is 5.39 Å². The van der Waals surface area contributed by atoms with Crippen molar-refractivity contribution in [3.05, 3.63) is 17.3 Å². The molecule has 0 saturated carbocycles. The number of rotatable bonds is 2. The standard InChI is InChI=1S/C13H15N3O2S/c1-8-6-19-12-10(8)11(14-7-15-12)16-4-2-9(3-5-16)13(17)18/h6-7,9H,2-5H2,1H3,(H,17,18)/p-1. The molecule has 0 radical (unpaired) electrons. The lowest BCUT2D eigenvalue weighted by Crippen LogP contribution is -2.41. The topological polar surface area (TPSA) is 69.2 Å². The summed E-state index contributed by atoms with van der Waals surface area (Å²) < 4.78 is 0. The average Bonchev–Trinajstić information content (AvgIpc) is 2.81. The van der Waals surface area contributed by atoms with Gasteiger partial charge in [0.1, 0.15) is 17.0 Å². The Bertz CT molecular complexity index is 617. The summed E-state index contributed by atoms with van der Waals surface area (Å²) in [4.78, 5) is 22.7. The van der Waals surface area contributed by atoms with Crippen LogP contribution in [0.1, 0.15) is 18.4 Å². The number of hydrogen-bond acceptors (Lipinski definition) is 6. The van der Waals surface area contributed by atoms with Crippen LogP contribution in [-0.4, -0.2) is 29.0 Å². The second-order valence-electron chi connectivity index (χ2n) is 4.88. The van der Waals surface area contributed by atoms with Gasteiger partial charge in [-0.3, -0.25) is 0 Å². The molecule has 0 aromatic carbocycles. The molecule has 0 spiro atoms. The highest BCUT2D eigenvalue weighted by molar-refractivity contribution is 7.17. The summed E-state index contributed by atoms with van der Waals surface area (Å²) >= 11 is 1.62. The van der Waals surface area contributed by atoms with Gasteiger partial charge in [-0.15, -0.1) is 11.3 Å². The fourth-order valence-corrected chi connectivity index (χ4v) is 3.45. The third-order valence-corrected chi connectivity index (χ3v) is 4.67. The molecular formula is C13H14N3O2S-. The van der Waals surface area contributed by atoms with Gasteiger partial charge in [-0.25, -0.2) is 9.97 Å². The lowest BCUT2D eigenvalue weighted by Gasteiger charge is -2.33. The predicted molar refractivity (Wildman–Crippen MR) is 72.1 cm³/mol. The number of carbonyl (C=O) groups excluding carboxylic acids is 1. The number of carboxylic acids is 1. The Kier molecular flexibility index (Phi) is 3.10. The Morgan fingerprint density at radius 2 is 2.16 bits per heavy atom. The molecule has 0 unspecified atom stereocenters. The Morgan fingerprint density at radius 3 is 2.84 bits per heavy atom. The molecule has 3 rings (SSSR count). The first-order chi connectivity index (χ1) is 9.16.